The lowest BCUT2D eigenvalue weighted by atomic mass is 10.0. The van der Waals surface area contributed by atoms with Crippen molar-refractivity contribution in [3.8, 4) is 0 Å². The zero-order valence-corrected chi connectivity index (χ0v) is 12.3. The lowest BCUT2D eigenvalue weighted by molar-refractivity contribution is 0.0827. The van der Waals surface area contributed by atoms with Crippen molar-refractivity contribution in [2.24, 2.45) is 5.92 Å². The summed E-state index contributed by atoms with van der Waals surface area (Å²) in [5, 5.41) is 9.68. The predicted molar refractivity (Wildman–Crippen MR) is 80.9 cm³/mol. The first-order chi connectivity index (χ1) is 9.40. The first-order valence-corrected chi connectivity index (χ1v) is 6.94. The highest BCUT2D eigenvalue weighted by molar-refractivity contribution is 5.96. The molecule has 1 aromatic rings. The SMILES string of the molecule is CC(O)C1CCN(c2cc(C(=O)N(C)C)ccc2N)C1. The van der Waals surface area contributed by atoms with Crippen LogP contribution in [0.15, 0.2) is 18.2 Å². The minimum atomic E-state index is -0.312. The molecule has 1 heterocycles. The van der Waals surface area contributed by atoms with E-state index in [9.17, 15) is 9.90 Å². The number of carbonyl (C=O) groups is 1. The van der Waals surface area contributed by atoms with E-state index in [0.29, 0.717) is 11.3 Å². The van der Waals surface area contributed by atoms with Crippen LogP contribution < -0.4 is 10.6 Å². The quantitative estimate of drug-likeness (QED) is 0.814. The van der Waals surface area contributed by atoms with E-state index in [2.05, 4.69) is 4.90 Å². The van der Waals surface area contributed by atoms with E-state index in [4.69, 9.17) is 5.73 Å². The molecule has 1 saturated heterocycles. The van der Waals surface area contributed by atoms with Gasteiger partial charge < -0.3 is 20.6 Å². The molecule has 1 amide bonds. The number of hydrogen-bond acceptors (Lipinski definition) is 4. The second-order valence-corrected chi connectivity index (χ2v) is 5.71. The topological polar surface area (TPSA) is 69.8 Å². The molecule has 110 valence electrons. The van der Waals surface area contributed by atoms with Crippen LogP contribution in [0.3, 0.4) is 0 Å². The summed E-state index contributed by atoms with van der Waals surface area (Å²) in [6.07, 6.45) is 0.635. The van der Waals surface area contributed by atoms with E-state index in [-0.39, 0.29) is 17.9 Å². The molecule has 1 aliphatic rings. The van der Waals surface area contributed by atoms with Crippen molar-refractivity contribution in [3.05, 3.63) is 23.8 Å². The summed E-state index contributed by atoms with van der Waals surface area (Å²) in [5.41, 5.74) is 8.24. The number of nitrogens with zero attached hydrogens (tertiary/aromatic N) is 2. The van der Waals surface area contributed by atoms with E-state index in [1.54, 1.807) is 31.1 Å². The summed E-state index contributed by atoms with van der Waals surface area (Å²) in [7, 11) is 3.47. The van der Waals surface area contributed by atoms with E-state index in [0.717, 1.165) is 25.2 Å². The molecule has 1 fully saturated rings. The molecule has 0 spiro atoms. The molecule has 1 aliphatic heterocycles. The molecular formula is C15H23N3O2. The van der Waals surface area contributed by atoms with Crippen molar-refractivity contribution < 1.29 is 9.90 Å². The van der Waals surface area contributed by atoms with Crippen molar-refractivity contribution in [2.45, 2.75) is 19.4 Å². The number of rotatable bonds is 3. The molecule has 0 aromatic heterocycles. The molecular weight excluding hydrogens is 254 g/mol. The molecule has 2 rings (SSSR count). The summed E-state index contributed by atoms with van der Waals surface area (Å²) in [6, 6.07) is 5.38. The molecule has 0 bridgehead atoms. The number of benzene rings is 1. The summed E-state index contributed by atoms with van der Waals surface area (Å²) >= 11 is 0. The maximum atomic E-state index is 12.0. The van der Waals surface area contributed by atoms with E-state index >= 15 is 0 Å². The number of anilines is 2. The Morgan fingerprint density at radius 3 is 2.75 bits per heavy atom. The normalized spacial score (nSPS) is 20.0. The number of carbonyl (C=O) groups excluding carboxylic acids is 1. The van der Waals surface area contributed by atoms with Crippen molar-refractivity contribution >= 4 is 17.3 Å². The van der Waals surface area contributed by atoms with Crippen LogP contribution in [0.1, 0.15) is 23.7 Å². The lowest BCUT2D eigenvalue weighted by Crippen LogP contribution is -2.26. The van der Waals surface area contributed by atoms with Gasteiger partial charge in [0.05, 0.1) is 17.5 Å². The molecule has 2 unspecified atom stereocenters. The average Bonchev–Trinajstić information content (AvgIpc) is 2.88. The number of nitrogen functional groups attached to an aromatic ring is 1. The minimum Gasteiger partial charge on any atom is -0.397 e. The smallest absolute Gasteiger partial charge is 0.253 e. The number of aliphatic hydroxyl groups is 1. The van der Waals surface area contributed by atoms with Crippen molar-refractivity contribution in [1.82, 2.24) is 4.90 Å². The predicted octanol–water partition coefficient (Wildman–Crippen LogP) is 1.18. The molecule has 1 aromatic carbocycles. The third-order valence-corrected chi connectivity index (χ3v) is 3.93. The second-order valence-electron chi connectivity index (χ2n) is 5.71. The van der Waals surface area contributed by atoms with E-state index in [1.165, 1.54) is 0 Å². The number of hydrogen-bond donors (Lipinski definition) is 2. The van der Waals surface area contributed by atoms with Gasteiger partial charge >= 0.3 is 0 Å². The lowest BCUT2D eigenvalue weighted by Gasteiger charge is -2.22. The molecule has 20 heavy (non-hydrogen) atoms. The Kier molecular flexibility index (Phi) is 4.18. The number of nitrogens with two attached hydrogens (primary N) is 1. The molecule has 0 saturated carbocycles. The van der Waals surface area contributed by atoms with Gasteiger partial charge in [0.1, 0.15) is 0 Å². The fraction of sp³-hybridized carbons (Fsp3) is 0.533. The Hall–Kier alpha value is -1.75. The second kappa shape index (κ2) is 5.71. The van der Waals surface area contributed by atoms with Crippen molar-refractivity contribution in [2.75, 3.05) is 37.8 Å². The molecule has 5 nitrogen and oxygen atoms in total. The maximum absolute atomic E-state index is 12.0. The first-order valence-electron chi connectivity index (χ1n) is 6.94. The van der Waals surface area contributed by atoms with E-state index in [1.807, 2.05) is 13.0 Å². The summed E-state index contributed by atoms with van der Waals surface area (Å²) in [4.78, 5) is 15.7. The molecule has 0 radical (unpaired) electrons. The molecule has 3 N–H and O–H groups in total. The Balaban J connectivity index is 2.24. The van der Waals surface area contributed by atoms with Crippen LogP contribution >= 0.6 is 0 Å². The highest BCUT2D eigenvalue weighted by Crippen LogP contribution is 2.31. The monoisotopic (exact) mass is 277 g/mol. The largest absolute Gasteiger partial charge is 0.397 e. The fourth-order valence-electron chi connectivity index (χ4n) is 2.61. The van der Waals surface area contributed by atoms with E-state index < -0.39 is 0 Å². The van der Waals surface area contributed by atoms with Crippen molar-refractivity contribution in [3.63, 3.8) is 0 Å². The van der Waals surface area contributed by atoms with Crippen LogP contribution in [0, 0.1) is 5.92 Å². The van der Waals surface area contributed by atoms with Crippen LogP contribution in [0.4, 0.5) is 11.4 Å². The maximum Gasteiger partial charge on any atom is 0.253 e. The van der Waals surface area contributed by atoms with Gasteiger partial charge in [0, 0.05) is 38.7 Å². The minimum absolute atomic E-state index is 0.0301. The van der Waals surface area contributed by atoms with Gasteiger partial charge in [-0.05, 0) is 31.5 Å². The highest BCUT2D eigenvalue weighted by atomic mass is 16.3. The molecule has 0 aliphatic carbocycles. The van der Waals surface area contributed by atoms with Gasteiger partial charge in [-0.15, -0.1) is 0 Å². The summed E-state index contributed by atoms with van der Waals surface area (Å²) in [5.74, 6) is 0.236. The molecule has 2 atom stereocenters. The van der Waals surface area contributed by atoms with Gasteiger partial charge in [0.25, 0.3) is 5.91 Å². The summed E-state index contributed by atoms with van der Waals surface area (Å²) in [6.45, 7) is 3.46. The van der Waals surface area contributed by atoms with Crippen LogP contribution in [-0.2, 0) is 0 Å². The average molecular weight is 277 g/mol. The Bertz CT molecular complexity index is 500. The van der Waals surface area contributed by atoms with Gasteiger partial charge in [0.2, 0.25) is 0 Å². The first kappa shape index (κ1) is 14.7. The van der Waals surface area contributed by atoms with Crippen LogP contribution in [0.25, 0.3) is 0 Å². The third-order valence-electron chi connectivity index (χ3n) is 3.93. The third kappa shape index (κ3) is 2.88. The number of aliphatic hydroxyl groups excluding tert-OH is 1. The molecule has 5 heteroatoms. The fourth-order valence-corrected chi connectivity index (χ4v) is 2.61. The Labute approximate surface area is 120 Å². The van der Waals surface area contributed by atoms with Gasteiger partial charge in [-0.25, -0.2) is 0 Å². The zero-order chi connectivity index (χ0) is 14.9. The Morgan fingerprint density at radius 2 is 2.20 bits per heavy atom. The Morgan fingerprint density at radius 1 is 1.50 bits per heavy atom. The van der Waals surface area contributed by atoms with Gasteiger partial charge in [-0.1, -0.05) is 0 Å². The summed E-state index contributed by atoms with van der Waals surface area (Å²) < 4.78 is 0. The van der Waals surface area contributed by atoms with Crippen LogP contribution in [-0.4, -0.2) is 49.2 Å². The van der Waals surface area contributed by atoms with Gasteiger partial charge in [0.15, 0.2) is 0 Å². The highest BCUT2D eigenvalue weighted by Gasteiger charge is 2.27. The van der Waals surface area contributed by atoms with Crippen molar-refractivity contribution in [1.29, 1.82) is 0 Å². The zero-order valence-electron chi connectivity index (χ0n) is 12.3. The van der Waals surface area contributed by atoms with Crippen LogP contribution in [0.5, 0.6) is 0 Å². The van der Waals surface area contributed by atoms with Crippen LogP contribution in [0.2, 0.25) is 0 Å². The van der Waals surface area contributed by atoms with Gasteiger partial charge in [-0.2, -0.15) is 0 Å². The standard InChI is InChI=1S/C15H23N3O2/c1-10(19)12-6-7-18(9-12)14-8-11(4-5-13(14)16)15(20)17(2)3/h4-5,8,10,12,19H,6-7,9,16H2,1-3H3. The number of amides is 1. The van der Waals surface area contributed by atoms with Gasteiger partial charge in [-0.3, -0.25) is 4.79 Å².